The normalized spacial score (nSPS) is 17.1. The van der Waals surface area contributed by atoms with Gasteiger partial charge in [-0.1, -0.05) is 77.6 Å². The molecule has 2 nitrogen and oxygen atoms in total. The highest BCUT2D eigenvalue weighted by Gasteiger charge is 2.30. The van der Waals surface area contributed by atoms with Gasteiger partial charge in [0.15, 0.2) is 0 Å². The van der Waals surface area contributed by atoms with Crippen molar-refractivity contribution in [2.24, 2.45) is 0 Å². The lowest BCUT2D eigenvalue weighted by molar-refractivity contribution is -0.161. The number of carbonyl (C=O) groups excluding carboxylic acids is 1. The number of rotatable bonds is 13. The second kappa shape index (κ2) is 12.8. The molecule has 23 heavy (non-hydrogen) atoms. The molecule has 0 saturated heterocycles. The van der Waals surface area contributed by atoms with Gasteiger partial charge in [0, 0.05) is 6.42 Å². The summed E-state index contributed by atoms with van der Waals surface area (Å²) in [5.41, 5.74) is -0.160. The van der Waals surface area contributed by atoms with Crippen LogP contribution in [0.4, 0.5) is 0 Å². The van der Waals surface area contributed by atoms with E-state index in [2.05, 4.69) is 13.8 Å². The van der Waals surface area contributed by atoms with Crippen LogP contribution in [0.1, 0.15) is 123 Å². The number of unbranched alkanes of at least 4 members (excludes halogenated alkanes) is 10. The summed E-state index contributed by atoms with van der Waals surface area (Å²) >= 11 is 0. The zero-order valence-corrected chi connectivity index (χ0v) is 15.8. The van der Waals surface area contributed by atoms with E-state index in [1.165, 1.54) is 83.5 Å². The summed E-state index contributed by atoms with van der Waals surface area (Å²) in [6, 6.07) is 0. The molecule has 2 heteroatoms. The standard InChI is InChI=1S/C21H40O2/c1-3-4-5-6-7-8-9-10-11-12-14-17-20(22)23-21(2)18-15-13-16-19-21/h3-19H2,1-2H3. The van der Waals surface area contributed by atoms with Gasteiger partial charge < -0.3 is 4.74 Å². The van der Waals surface area contributed by atoms with Crippen molar-refractivity contribution in [3.05, 3.63) is 0 Å². The van der Waals surface area contributed by atoms with E-state index in [-0.39, 0.29) is 11.6 Å². The van der Waals surface area contributed by atoms with Gasteiger partial charge in [-0.25, -0.2) is 0 Å². The Kier molecular flexibility index (Phi) is 11.5. The van der Waals surface area contributed by atoms with Crippen LogP contribution < -0.4 is 0 Å². The molecule has 136 valence electrons. The maximum atomic E-state index is 12.0. The zero-order valence-electron chi connectivity index (χ0n) is 15.8. The largest absolute Gasteiger partial charge is 0.459 e. The second-order valence-corrected chi connectivity index (χ2v) is 7.77. The Morgan fingerprint density at radius 1 is 0.783 bits per heavy atom. The van der Waals surface area contributed by atoms with Crippen LogP contribution in [0.2, 0.25) is 0 Å². The van der Waals surface area contributed by atoms with Gasteiger partial charge >= 0.3 is 5.97 Å². The molecule has 0 radical (unpaired) electrons. The summed E-state index contributed by atoms with van der Waals surface area (Å²) in [7, 11) is 0. The average Bonchev–Trinajstić information content (AvgIpc) is 2.53. The lowest BCUT2D eigenvalue weighted by Gasteiger charge is -2.33. The van der Waals surface area contributed by atoms with Crippen LogP contribution >= 0.6 is 0 Å². The molecular formula is C21H40O2. The van der Waals surface area contributed by atoms with Crippen molar-refractivity contribution in [1.29, 1.82) is 0 Å². The molecule has 0 aliphatic heterocycles. The van der Waals surface area contributed by atoms with Crippen LogP contribution in [0.25, 0.3) is 0 Å². The number of esters is 1. The first-order valence-electron chi connectivity index (χ1n) is 10.4. The van der Waals surface area contributed by atoms with Crippen LogP contribution in [-0.4, -0.2) is 11.6 Å². The van der Waals surface area contributed by atoms with Gasteiger partial charge in [-0.3, -0.25) is 4.79 Å². The third kappa shape index (κ3) is 10.8. The zero-order chi connectivity index (χ0) is 16.8. The molecule has 0 spiro atoms. The van der Waals surface area contributed by atoms with Crippen molar-refractivity contribution in [2.45, 2.75) is 129 Å². The summed E-state index contributed by atoms with van der Waals surface area (Å²) in [6.45, 7) is 4.38. The molecule has 1 aliphatic carbocycles. The molecule has 0 unspecified atom stereocenters. The smallest absolute Gasteiger partial charge is 0.306 e. The van der Waals surface area contributed by atoms with Gasteiger partial charge in [0.2, 0.25) is 0 Å². The number of ether oxygens (including phenoxy) is 1. The Balaban J connectivity index is 1.87. The van der Waals surface area contributed by atoms with E-state index < -0.39 is 0 Å². The monoisotopic (exact) mass is 324 g/mol. The van der Waals surface area contributed by atoms with Crippen LogP contribution in [0.15, 0.2) is 0 Å². The highest BCUT2D eigenvalue weighted by atomic mass is 16.6. The molecule has 0 heterocycles. The predicted octanol–water partition coefficient (Wildman–Crippen LogP) is 6.95. The molecule has 1 saturated carbocycles. The first-order valence-corrected chi connectivity index (χ1v) is 10.4. The van der Waals surface area contributed by atoms with Crippen LogP contribution in [0.3, 0.4) is 0 Å². The van der Waals surface area contributed by atoms with Gasteiger partial charge in [-0.15, -0.1) is 0 Å². The van der Waals surface area contributed by atoms with Gasteiger partial charge in [-0.2, -0.15) is 0 Å². The minimum Gasteiger partial charge on any atom is -0.459 e. The van der Waals surface area contributed by atoms with Crippen LogP contribution in [0, 0.1) is 0 Å². The van der Waals surface area contributed by atoms with E-state index >= 15 is 0 Å². The van der Waals surface area contributed by atoms with E-state index in [0.717, 1.165) is 19.3 Å². The molecule has 0 bridgehead atoms. The Morgan fingerprint density at radius 2 is 1.26 bits per heavy atom. The summed E-state index contributed by atoms with van der Waals surface area (Å²) in [4.78, 5) is 12.0. The lowest BCUT2D eigenvalue weighted by Crippen LogP contribution is -2.33. The number of hydrogen-bond donors (Lipinski definition) is 0. The molecule has 1 aliphatic rings. The summed E-state index contributed by atoms with van der Waals surface area (Å²) in [5, 5.41) is 0. The molecule has 0 aromatic heterocycles. The Morgan fingerprint density at radius 3 is 1.78 bits per heavy atom. The van der Waals surface area contributed by atoms with E-state index in [1.54, 1.807) is 0 Å². The molecule has 0 atom stereocenters. The third-order valence-electron chi connectivity index (χ3n) is 5.26. The quantitative estimate of drug-likeness (QED) is 0.270. The lowest BCUT2D eigenvalue weighted by atomic mass is 9.86. The summed E-state index contributed by atoms with van der Waals surface area (Å²) in [5.74, 6) is 0.0327. The van der Waals surface area contributed by atoms with Crippen molar-refractivity contribution >= 4 is 5.97 Å². The molecule has 0 N–H and O–H groups in total. The molecular weight excluding hydrogens is 284 g/mol. The minimum absolute atomic E-state index is 0.0327. The van der Waals surface area contributed by atoms with E-state index in [0.29, 0.717) is 6.42 Å². The second-order valence-electron chi connectivity index (χ2n) is 7.77. The van der Waals surface area contributed by atoms with Crippen molar-refractivity contribution < 1.29 is 9.53 Å². The first-order chi connectivity index (χ1) is 11.2. The van der Waals surface area contributed by atoms with Gasteiger partial charge in [-0.05, 0) is 39.0 Å². The van der Waals surface area contributed by atoms with Gasteiger partial charge in [0.05, 0.1) is 0 Å². The fourth-order valence-electron chi connectivity index (χ4n) is 3.66. The van der Waals surface area contributed by atoms with E-state index in [1.807, 2.05) is 0 Å². The van der Waals surface area contributed by atoms with Crippen molar-refractivity contribution in [3.63, 3.8) is 0 Å². The third-order valence-corrected chi connectivity index (χ3v) is 5.26. The molecule has 0 aromatic carbocycles. The Hall–Kier alpha value is -0.530. The Bertz CT molecular complexity index is 292. The molecule has 1 rings (SSSR count). The first kappa shape index (κ1) is 20.5. The fraction of sp³-hybridized carbons (Fsp3) is 0.952. The highest BCUT2D eigenvalue weighted by Crippen LogP contribution is 2.31. The molecule has 0 aromatic rings. The average molecular weight is 325 g/mol. The summed E-state index contributed by atoms with van der Waals surface area (Å²) < 4.78 is 5.73. The molecule has 0 amide bonds. The maximum absolute atomic E-state index is 12.0. The van der Waals surface area contributed by atoms with E-state index in [4.69, 9.17) is 4.74 Å². The summed E-state index contributed by atoms with van der Waals surface area (Å²) in [6.07, 6.45) is 21.0. The minimum atomic E-state index is -0.160. The van der Waals surface area contributed by atoms with Crippen molar-refractivity contribution in [1.82, 2.24) is 0 Å². The predicted molar refractivity (Wildman–Crippen MR) is 98.7 cm³/mol. The van der Waals surface area contributed by atoms with Crippen molar-refractivity contribution in [2.75, 3.05) is 0 Å². The fourth-order valence-corrected chi connectivity index (χ4v) is 3.66. The SMILES string of the molecule is CCCCCCCCCCCCCC(=O)OC1(C)CCCCC1. The van der Waals surface area contributed by atoms with Gasteiger partial charge in [0.1, 0.15) is 5.60 Å². The number of carbonyl (C=O) groups is 1. The Labute approximate surface area is 144 Å². The molecule has 1 fully saturated rings. The van der Waals surface area contributed by atoms with Crippen molar-refractivity contribution in [3.8, 4) is 0 Å². The number of hydrogen-bond acceptors (Lipinski definition) is 2. The van der Waals surface area contributed by atoms with E-state index in [9.17, 15) is 4.79 Å². The van der Waals surface area contributed by atoms with Crippen LogP contribution in [-0.2, 0) is 9.53 Å². The highest BCUT2D eigenvalue weighted by molar-refractivity contribution is 5.69. The topological polar surface area (TPSA) is 26.3 Å². The maximum Gasteiger partial charge on any atom is 0.306 e. The van der Waals surface area contributed by atoms with Gasteiger partial charge in [0.25, 0.3) is 0 Å². The van der Waals surface area contributed by atoms with Crippen LogP contribution in [0.5, 0.6) is 0 Å².